The van der Waals surface area contributed by atoms with Gasteiger partial charge in [0.05, 0.1) is 6.42 Å². The van der Waals surface area contributed by atoms with E-state index in [1.807, 2.05) is 24.3 Å². The summed E-state index contributed by atoms with van der Waals surface area (Å²) in [6.07, 6.45) is 0.706. The van der Waals surface area contributed by atoms with E-state index in [0.717, 1.165) is 11.4 Å². The topological polar surface area (TPSA) is 119 Å². The fourth-order valence-electron chi connectivity index (χ4n) is 3.39. The number of nitrogens with one attached hydrogen (secondary N) is 2. The van der Waals surface area contributed by atoms with Crippen molar-refractivity contribution in [3.8, 4) is 0 Å². The van der Waals surface area contributed by atoms with Gasteiger partial charge in [-0.1, -0.05) is 0 Å². The van der Waals surface area contributed by atoms with Crippen molar-refractivity contribution in [3.63, 3.8) is 0 Å². The van der Waals surface area contributed by atoms with Crippen LogP contribution in [-0.4, -0.2) is 65.9 Å². The van der Waals surface area contributed by atoms with Crippen molar-refractivity contribution < 1.29 is 24.3 Å². The number of piperazine rings is 1. The average molecular weight is 388 g/mol. The highest BCUT2D eigenvalue weighted by atomic mass is 16.4. The third kappa shape index (κ3) is 4.99. The number of carboxylic acids is 1. The Morgan fingerprint density at radius 1 is 1.07 bits per heavy atom. The van der Waals surface area contributed by atoms with Gasteiger partial charge < -0.3 is 20.2 Å². The van der Waals surface area contributed by atoms with Crippen LogP contribution in [0.25, 0.3) is 0 Å². The normalized spacial score (nSPS) is 19.9. The lowest BCUT2D eigenvalue weighted by molar-refractivity contribution is -0.141. The minimum Gasteiger partial charge on any atom is -0.481 e. The van der Waals surface area contributed by atoms with Crippen molar-refractivity contribution in [2.75, 3.05) is 36.4 Å². The highest BCUT2D eigenvalue weighted by Crippen LogP contribution is 2.21. The van der Waals surface area contributed by atoms with Gasteiger partial charge in [0.25, 0.3) is 0 Å². The number of rotatable bonds is 6. The van der Waals surface area contributed by atoms with Crippen molar-refractivity contribution in [3.05, 3.63) is 24.3 Å². The molecule has 2 fully saturated rings. The van der Waals surface area contributed by atoms with Crippen molar-refractivity contribution >= 4 is 35.1 Å². The smallest absolute Gasteiger partial charge is 0.303 e. The maximum absolute atomic E-state index is 12.0. The second-order valence-corrected chi connectivity index (χ2v) is 6.96. The lowest BCUT2D eigenvalue weighted by atomic mass is 10.1. The average Bonchev–Trinajstić information content (AvgIpc) is 2.69. The van der Waals surface area contributed by atoms with Gasteiger partial charge in [-0.25, -0.2) is 0 Å². The molecule has 2 saturated heterocycles. The third-order valence-corrected chi connectivity index (χ3v) is 5.00. The van der Waals surface area contributed by atoms with Gasteiger partial charge in [-0.3, -0.25) is 24.5 Å². The van der Waals surface area contributed by atoms with Crippen LogP contribution in [-0.2, 0) is 19.2 Å². The Balaban J connectivity index is 1.49. The van der Waals surface area contributed by atoms with Crippen molar-refractivity contribution in [2.24, 2.45) is 0 Å². The molecule has 9 heteroatoms. The van der Waals surface area contributed by atoms with Crippen LogP contribution in [0.15, 0.2) is 24.3 Å². The first-order chi connectivity index (χ1) is 13.4. The molecule has 1 atom stereocenters. The summed E-state index contributed by atoms with van der Waals surface area (Å²) in [4.78, 5) is 49.5. The van der Waals surface area contributed by atoms with Crippen LogP contribution in [0, 0.1) is 0 Å². The number of carbonyl (C=O) groups is 4. The van der Waals surface area contributed by atoms with Gasteiger partial charge in [0.2, 0.25) is 17.7 Å². The molecule has 28 heavy (non-hydrogen) atoms. The molecule has 3 amide bonds. The summed E-state index contributed by atoms with van der Waals surface area (Å²) in [5.74, 6) is -1.62. The SMILES string of the molecule is O=C(O)CCC(=O)N1CCN(c2ccc(NC3CCC(=O)NC3=O)cc2)CC1. The van der Waals surface area contributed by atoms with E-state index in [1.165, 1.54) is 0 Å². The van der Waals surface area contributed by atoms with Gasteiger partial charge in [0.15, 0.2) is 0 Å². The molecule has 0 spiro atoms. The zero-order chi connectivity index (χ0) is 20.1. The molecular formula is C19H24N4O5. The zero-order valence-electron chi connectivity index (χ0n) is 15.5. The fraction of sp³-hybridized carbons (Fsp3) is 0.474. The summed E-state index contributed by atoms with van der Waals surface area (Å²) in [5.41, 5.74) is 1.83. The molecule has 2 heterocycles. The Morgan fingerprint density at radius 2 is 1.75 bits per heavy atom. The zero-order valence-corrected chi connectivity index (χ0v) is 15.5. The Hall–Kier alpha value is -3.10. The number of aliphatic carboxylic acids is 1. The summed E-state index contributed by atoms with van der Waals surface area (Å²) in [6.45, 7) is 2.49. The Bertz CT molecular complexity index is 756. The number of nitrogens with zero attached hydrogens (tertiary/aromatic N) is 2. The standard InChI is InChI=1S/C19H24N4O5/c24-16-6-5-15(19(28)21-16)20-13-1-3-14(4-2-13)22-9-11-23(12-10-22)17(25)7-8-18(26)27/h1-4,15,20H,5-12H2,(H,26,27)(H,21,24,28). The Morgan fingerprint density at radius 3 is 2.36 bits per heavy atom. The molecule has 1 aromatic rings. The number of carboxylic acid groups (broad SMARTS) is 1. The number of benzene rings is 1. The van der Waals surface area contributed by atoms with Crippen molar-refractivity contribution in [1.29, 1.82) is 0 Å². The van der Waals surface area contributed by atoms with Crippen LogP contribution in [0.2, 0.25) is 0 Å². The molecule has 1 aromatic carbocycles. The fourth-order valence-corrected chi connectivity index (χ4v) is 3.39. The van der Waals surface area contributed by atoms with Gasteiger partial charge in [0, 0.05) is 50.4 Å². The van der Waals surface area contributed by atoms with E-state index >= 15 is 0 Å². The van der Waals surface area contributed by atoms with Crippen LogP contribution in [0.4, 0.5) is 11.4 Å². The predicted octanol–water partition coefficient (Wildman–Crippen LogP) is 0.417. The Kier molecular flexibility index (Phi) is 6.13. The molecule has 150 valence electrons. The van der Waals surface area contributed by atoms with Crippen LogP contribution in [0.5, 0.6) is 0 Å². The summed E-state index contributed by atoms with van der Waals surface area (Å²) in [7, 11) is 0. The number of imide groups is 1. The molecule has 0 aromatic heterocycles. The summed E-state index contributed by atoms with van der Waals surface area (Å²) in [5, 5.41) is 14.2. The molecule has 0 aliphatic carbocycles. The first-order valence-corrected chi connectivity index (χ1v) is 9.37. The molecule has 0 radical (unpaired) electrons. The Labute approximate surface area is 162 Å². The lowest BCUT2D eigenvalue weighted by Gasteiger charge is -2.36. The molecular weight excluding hydrogens is 364 g/mol. The summed E-state index contributed by atoms with van der Waals surface area (Å²) < 4.78 is 0. The van der Waals surface area contributed by atoms with E-state index in [2.05, 4.69) is 15.5 Å². The van der Waals surface area contributed by atoms with Crippen molar-refractivity contribution in [1.82, 2.24) is 10.2 Å². The van der Waals surface area contributed by atoms with E-state index in [-0.39, 0.29) is 30.6 Å². The van der Waals surface area contributed by atoms with E-state index in [9.17, 15) is 19.2 Å². The summed E-state index contributed by atoms with van der Waals surface area (Å²) in [6, 6.07) is 7.28. The van der Waals surface area contributed by atoms with E-state index in [0.29, 0.717) is 39.0 Å². The monoisotopic (exact) mass is 388 g/mol. The van der Waals surface area contributed by atoms with Crippen LogP contribution in [0.1, 0.15) is 25.7 Å². The summed E-state index contributed by atoms with van der Waals surface area (Å²) >= 11 is 0. The lowest BCUT2D eigenvalue weighted by Crippen LogP contribution is -2.48. The predicted molar refractivity (Wildman–Crippen MR) is 102 cm³/mol. The van der Waals surface area contributed by atoms with E-state index < -0.39 is 12.0 Å². The van der Waals surface area contributed by atoms with Gasteiger partial charge in [0.1, 0.15) is 6.04 Å². The van der Waals surface area contributed by atoms with Gasteiger partial charge in [-0.05, 0) is 30.7 Å². The molecule has 2 aliphatic rings. The van der Waals surface area contributed by atoms with Crippen molar-refractivity contribution in [2.45, 2.75) is 31.7 Å². The molecule has 0 saturated carbocycles. The van der Waals surface area contributed by atoms with Crippen LogP contribution < -0.4 is 15.5 Å². The number of anilines is 2. The molecule has 1 unspecified atom stereocenters. The van der Waals surface area contributed by atoms with Crippen LogP contribution >= 0.6 is 0 Å². The minimum absolute atomic E-state index is 0.0377. The first kappa shape index (κ1) is 19.7. The minimum atomic E-state index is -0.960. The van der Waals surface area contributed by atoms with E-state index in [1.54, 1.807) is 4.90 Å². The van der Waals surface area contributed by atoms with Gasteiger partial charge in [-0.15, -0.1) is 0 Å². The second-order valence-electron chi connectivity index (χ2n) is 6.96. The number of hydrogen-bond donors (Lipinski definition) is 3. The molecule has 2 aliphatic heterocycles. The quantitative estimate of drug-likeness (QED) is 0.604. The second kappa shape index (κ2) is 8.73. The first-order valence-electron chi connectivity index (χ1n) is 9.37. The van der Waals surface area contributed by atoms with Crippen LogP contribution in [0.3, 0.4) is 0 Å². The number of carbonyl (C=O) groups excluding carboxylic acids is 3. The van der Waals surface area contributed by atoms with Gasteiger partial charge >= 0.3 is 5.97 Å². The maximum atomic E-state index is 12.0. The molecule has 0 bridgehead atoms. The molecule has 3 rings (SSSR count). The molecule has 3 N–H and O–H groups in total. The number of piperidine rings is 1. The largest absolute Gasteiger partial charge is 0.481 e. The highest BCUT2D eigenvalue weighted by molar-refractivity contribution is 6.01. The van der Waals surface area contributed by atoms with E-state index in [4.69, 9.17) is 5.11 Å². The molecule has 9 nitrogen and oxygen atoms in total. The number of amides is 3. The highest BCUT2D eigenvalue weighted by Gasteiger charge is 2.26. The maximum Gasteiger partial charge on any atom is 0.303 e. The van der Waals surface area contributed by atoms with Gasteiger partial charge in [-0.2, -0.15) is 0 Å². The third-order valence-electron chi connectivity index (χ3n) is 5.00. The number of hydrogen-bond acceptors (Lipinski definition) is 6.